The Morgan fingerprint density at radius 3 is 2.88 bits per heavy atom. The number of hydrogen-bond acceptors (Lipinski definition) is 4. The van der Waals surface area contributed by atoms with E-state index in [4.69, 9.17) is 16.3 Å². The summed E-state index contributed by atoms with van der Waals surface area (Å²) in [6, 6.07) is 12.1. The highest BCUT2D eigenvalue weighted by Gasteiger charge is 2.12. The first kappa shape index (κ1) is 22.0. The van der Waals surface area contributed by atoms with Crippen LogP contribution in [0.4, 0.5) is 10.1 Å². The normalized spacial score (nSPS) is 10.9. The maximum absolute atomic E-state index is 13.2. The van der Waals surface area contributed by atoms with Crippen molar-refractivity contribution in [1.29, 1.82) is 0 Å². The third-order valence-electron chi connectivity index (χ3n) is 4.85. The van der Waals surface area contributed by atoms with Crippen molar-refractivity contribution >= 4 is 34.5 Å². The lowest BCUT2D eigenvalue weighted by molar-refractivity contribution is 0.103. The number of nitrogens with zero attached hydrogens (tertiary/aromatic N) is 2. The first-order chi connectivity index (χ1) is 15.4. The highest BCUT2D eigenvalue weighted by Crippen LogP contribution is 2.23. The largest absolute Gasteiger partial charge is 0.489 e. The zero-order valence-electron chi connectivity index (χ0n) is 17.6. The summed E-state index contributed by atoms with van der Waals surface area (Å²) in [5, 5.41) is 9.33. The van der Waals surface area contributed by atoms with Gasteiger partial charge in [-0.3, -0.25) is 9.48 Å². The quantitative estimate of drug-likeness (QED) is 0.349. The Morgan fingerprint density at radius 1 is 1.22 bits per heavy atom. The molecule has 4 rings (SSSR count). The molecule has 2 aromatic carbocycles. The smallest absolute Gasteiger partial charge is 0.265 e. The van der Waals surface area contributed by atoms with Gasteiger partial charge in [0.05, 0.1) is 23.3 Å². The molecule has 0 saturated heterocycles. The van der Waals surface area contributed by atoms with Crippen LogP contribution in [0.15, 0.2) is 60.2 Å². The van der Waals surface area contributed by atoms with Crippen molar-refractivity contribution in [1.82, 2.24) is 9.78 Å². The number of amides is 1. The summed E-state index contributed by atoms with van der Waals surface area (Å²) in [6.45, 7) is 4.79. The maximum atomic E-state index is 13.2. The van der Waals surface area contributed by atoms with E-state index in [9.17, 15) is 9.18 Å². The van der Waals surface area contributed by atoms with E-state index in [0.29, 0.717) is 28.7 Å². The minimum absolute atomic E-state index is 0.215. The Kier molecular flexibility index (Phi) is 6.58. The van der Waals surface area contributed by atoms with Crippen molar-refractivity contribution in [3.8, 4) is 5.75 Å². The number of anilines is 1. The summed E-state index contributed by atoms with van der Waals surface area (Å²) in [7, 11) is 0. The fourth-order valence-corrected chi connectivity index (χ4v) is 4.14. The second kappa shape index (κ2) is 9.54. The molecule has 0 radical (unpaired) electrons. The predicted octanol–water partition coefficient (Wildman–Crippen LogP) is 6.23. The van der Waals surface area contributed by atoms with E-state index >= 15 is 0 Å². The molecule has 2 aromatic heterocycles. The minimum Gasteiger partial charge on any atom is -0.489 e. The van der Waals surface area contributed by atoms with Crippen LogP contribution in [0.25, 0.3) is 0 Å². The number of aromatic nitrogens is 2. The summed E-state index contributed by atoms with van der Waals surface area (Å²) in [6.07, 6.45) is 3.27. The van der Waals surface area contributed by atoms with Gasteiger partial charge in [-0.1, -0.05) is 29.8 Å². The van der Waals surface area contributed by atoms with Crippen LogP contribution in [0.3, 0.4) is 0 Å². The molecule has 8 heteroatoms. The monoisotopic (exact) mass is 469 g/mol. The number of aryl methyl sites for hydroxylation is 2. The molecule has 0 saturated carbocycles. The van der Waals surface area contributed by atoms with Gasteiger partial charge in [0.15, 0.2) is 0 Å². The molecule has 0 aliphatic carbocycles. The van der Waals surface area contributed by atoms with Gasteiger partial charge >= 0.3 is 0 Å². The third-order valence-corrected chi connectivity index (χ3v) is 6.18. The van der Waals surface area contributed by atoms with E-state index < -0.39 is 0 Å². The number of nitrogens with one attached hydrogen (secondary N) is 1. The molecule has 32 heavy (non-hydrogen) atoms. The number of carbonyl (C=O) groups is 1. The van der Waals surface area contributed by atoms with E-state index in [1.165, 1.54) is 23.5 Å². The fourth-order valence-electron chi connectivity index (χ4n) is 3.13. The number of thiophene rings is 1. The molecule has 0 aliphatic heterocycles. The lowest BCUT2D eigenvalue weighted by Crippen LogP contribution is -2.09. The van der Waals surface area contributed by atoms with E-state index in [2.05, 4.69) is 10.4 Å². The highest BCUT2D eigenvalue weighted by atomic mass is 35.5. The lowest BCUT2D eigenvalue weighted by Gasteiger charge is -2.08. The summed E-state index contributed by atoms with van der Waals surface area (Å²) < 4.78 is 20.8. The van der Waals surface area contributed by atoms with Gasteiger partial charge < -0.3 is 10.1 Å². The van der Waals surface area contributed by atoms with Crippen molar-refractivity contribution < 1.29 is 13.9 Å². The van der Waals surface area contributed by atoms with E-state index in [0.717, 1.165) is 28.0 Å². The Bertz CT molecular complexity index is 1270. The molecular formula is C24H21ClFN3O2S. The Hall–Kier alpha value is -3.16. The lowest BCUT2D eigenvalue weighted by atomic mass is 10.1. The van der Waals surface area contributed by atoms with Crippen LogP contribution in [-0.2, 0) is 13.2 Å². The maximum Gasteiger partial charge on any atom is 0.265 e. The fraction of sp³-hybridized carbons (Fsp3) is 0.167. The first-order valence-electron chi connectivity index (χ1n) is 9.92. The molecule has 0 fully saturated rings. The van der Waals surface area contributed by atoms with Crippen molar-refractivity contribution in [2.45, 2.75) is 27.0 Å². The molecule has 0 atom stereocenters. The number of ether oxygens (including phenoxy) is 1. The van der Waals surface area contributed by atoms with Crippen molar-refractivity contribution in [3.63, 3.8) is 0 Å². The predicted molar refractivity (Wildman–Crippen MR) is 125 cm³/mol. The number of hydrogen-bond donors (Lipinski definition) is 1. The van der Waals surface area contributed by atoms with Crippen LogP contribution in [0.2, 0.25) is 5.02 Å². The van der Waals surface area contributed by atoms with Gasteiger partial charge in [-0.2, -0.15) is 5.10 Å². The van der Waals surface area contributed by atoms with Gasteiger partial charge in [-0.15, -0.1) is 11.3 Å². The number of halogens is 2. The average molecular weight is 470 g/mol. The number of benzene rings is 2. The Balaban J connectivity index is 1.35. The minimum atomic E-state index is -0.387. The summed E-state index contributed by atoms with van der Waals surface area (Å²) in [5.41, 5.74) is 4.44. The van der Waals surface area contributed by atoms with Crippen LogP contribution < -0.4 is 10.1 Å². The van der Waals surface area contributed by atoms with E-state index in [1.807, 2.05) is 43.5 Å². The van der Waals surface area contributed by atoms with E-state index in [1.54, 1.807) is 23.1 Å². The highest BCUT2D eigenvalue weighted by molar-refractivity contribution is 7.12. The molecule has 4 aromatic rings. The third kappa shape index (κ3) is 5.36. The van der Waals surface area contributed by atoms with Gasteiger partial charge in [-0.25, -0.2) is 4.39 Å². The molecule has 0 aliphatic rings. The molecule has 2 heterocycles. The summed E-state index contributed by atoms with van der Waals surface area (Å²) >= 11 is 7.43. The molecule has 1 N–H and O–H groups in total. The van der Waals surface area contributed by atoms with Crippen LogP contribution in [0.1, 0.15) is 31.9 Å². The molecule has 1 amide bonds. The average Bonchev–Trinajstić information content (AvgIpc) is 3.40. The standard InChI is InChI=1S/C24H21ClFN3O2S/c1-15-3-4-16(2)22(7-15)31-13-17-8-23(32-14-17)24(30)28-20-10-27-29(12-20)11-18-5-6-19(26)9-21(18)25/h3-10,12,14H,11,13H2,1-2H3,(H,28,30). The van der Waals surface area contributed by atoms with Gasteiger partial charge in [0.1, 0.15) is 18.2 Å². The molecule has 164 valence electrons. The SMILES string of the molecule is Cc1ccc(C)c(OCc2csc(C(=O)Nc3cnn(Cc4ccc(F)cc4Cl)c3)c2)c1. The van der Waals surface area contributed by atoms with Crippen LogP contribution >= 0.6 is 22.9 Å². The second-order valence-electron chi connectivity index (χ2n) is 7.49. The topological polar surface area (TPSA) is 56.1 Å². The zero-order valence-corrected chi connectivity index (χ0v) is 19.1. The second-order valence-corrected chi connectivity index (χ2v) is 8.81. The zero-order chi connectivity index (χ0) is 22.7. The van der Waals surface area contributed by atoms with E-state index in [-0.39, 0.29) is 11.7 Å². The van der Waals surface area contributed by atoms with Crippen LogP contribution in [0.5, 0.6) is 5.75 Å². The Morgan fingerprint density at radius 2 is 2.06 bits per heavy atom. The van der Waals surface area contributed by atoms with Gasteiger partial charge in [-0.05, 0) is 60.2 Å². The molecular weight excluding hydrogens is 449 g/mol. The van der Waals surface area contributed by atoms with Gasteiger partial charge in [0.25, 0.3) is 5.91 Å². The van der Waals surface area contributed by atoms with Gasteiger partial charge in [0, 0.05) is 16.8 Å². The van der Waals surface area contributed by atoms with Crippen LogP contribution in [0, 0.1) is 19.7 Å². The first-order valence-corrected chi connectivity index (χ1v) is 11.2. The summed E-state index contributed by atoms with van der Waals surface area (Å²) in [4.78, 5) is 13.2. The molecule has 0 unspecified atom stereocenters. The van der Waals surface area contributed by atoms with Crippen molar-refractivity contribution in [2.75, 3.05) is 5.32 Å². The summed E-state index contributed by atoms with van der Waals surface area (Å²) in [5.74, 6) is 0.241. The van der Waals surface area contributed by atoms with Gasteiger partial charge in [0.2, 0.25) is 0 Å². The molecule has 0 spiro atoms. The van der Waals surface area contributed by atoms with Crippen LogP contribution in [-0.4, -0.2) is 15.7 Å². The Labute approximate surface area is 194 Å². The molecule has 5 nitrogen and oxygen atoms in total. The van der Waals surface area contributed by atoms with Crippen molar-refractivity contribution in [3.05, 3.63) is 98.2 Å². The number of rotatable bonds is 7. The van der Waals surface area contributed by atoms with Crippen molar-refractivity contribution in [2.24, 2.45) is 0 Å². The number of carbonyl (C=O) groups excluding carboxylic acids is 1. The molecule has 0 bridgehead atoms.